The smallest absolute Gasteiger partial charge is 0.311 e. The summed E-state index contributed by atoms with van der Waals surface area (Å²) in [5.41, 5.74) is 1.33. The molecule has 1 fully saturated rings. The highest BCUT2D eigenvalue weighted by atomic mass is 16.5. The minimum absolute atomic E-state index is 0.251. The fraction of sp³-hybridized carbons (Fsp3) is 0.800. The Morgan fingerprint density at radius 1 is 1.44 bits per heavy atom. The number of rotatable bonds is 5. The lowest BCUT2D eigenvalue weighted by Crippen LogP contribution is -2.32. The van der Waals surface area contributed by atoms with Crippen LogP contribution in [0.5, 0.6) is 0 Å². The molecule has 3 nitrogen and oxygen atoms in total. The number of esters is 1. The normalized spacial score (nSPS) is 28.8. The zero-order valence-corrected chi connectivity index (χ0v) is 12.0. The molecule has 0 aromatic rings. The lowest BCUT2D eigenvalue weighted by atomic mass is 9.82. The number of aliphatic hydroxyl groups excluding tert-OH is 1. The second kappa shape index (κ2) is 6.93. The molecule has 0 aliphatic heterocycles. The van der Waals surface area contributed by atoms with E-state index in [1.165, 1.54) is 12.7 Å². The van der Waals surface area contributed by atoms with Gasteiger partial charge in [-0.25, -0.2) is 0 Å². The molecule has 18 heavy (non-hydrogen) atoms. The van der Waals surface area contributed by atoms with E-state index >= 15 is 0 Å². The second-order valence-corrected chi connectivity index (χ2v) is 5.69. The van der Waals surface area contributed by atoms with E-state index in [-0.39, 0.29) is 17.8 Å². The van der Waals surface area contributed by atoms with Gasteiger partial charge < -0.3 is 9.84 Å². The molecule has 0 aromatic carbocycles. The molecule has 1 saturated carbocycles. The fourth-order valence-electron chi connectivity index (χ4n) is 2.96. The first-order valence-electron chi connectivity index (χ1n) is 6.86. The van der Waals surface area contributed by atoms with Crippen LogP contribution in [0, 0.1) is 17.8 Å². The van der Waals surface area contributed by atoms with Crippen LogP contribution in [0.1, 0.15) is 46.5 Å². The Hall–Kier alpha value is -0.830. The molecule has 0 bridgehead atoms. The summed E-state index contributed by atoms with van der Waals surface area (Å²) in [6, 6.07) is 0. The van der Waals surface area contributed by atoms with Crippen molar-refractivity contribution in [3.05, 3.63) is 11.6 Å². The van der Waals surface area contributed by atoms with Crippen molar-refractivity contribution in [2.75, 3.05) is 7.11 Å². The van der Waals surface area contributed by atoms with Crippen LogP contribution in [-0.4, -0.2) is 24.3 Å². The maximum absolute atomic E-state index is 11.7. The Morgan fingerprint density at radius 3 is 2.67 bits per heavy atom. The first-order chi connectivity index (χ1) is 8.47. The van der Waals surface area contributed by atoms with Crippen LogP contribution in [0.25, 0.3) is 0 Å². The Kier molecular flexibility index (Phi) is 5.86. The Morgan fingerprint density at radius 2 is 2.11 bits per heavy atom. The van der Waals surface area contributed by atoms with Gasteiger partial charge in [-0.3, -0.25) is 4.79 Å². The first kappa shape index (κ1) is 15.2. The topological polar surface area (TPSA) is 46.5 Å². The third-order valence-electron chi connectivity index (χ3n) is 4.05. The van der Waals surface area contributed by atoms with Gasteiger partial charge in [0, 0.05) is 0 Å². The molecule has 0 unspecified atom stereocenters. The van der Waals surface area contributed by atoms with Crippen molar-refractivity contribution in [1.82, 2.24) is 0 Å². The molecule has 1 aliphatic carbocycles. The number of ether oxygens (including phenoxy) is 1. The number of hydrogen-bond acceptors (Lipinski definition) is 3. The van der Waals surface area contributed by atoms with Crippen molar-refractivity contribution in [1.29, 1.82) is 0 Å². The van der Waals surface area contributed by atoms with Crippen molar-refractivity contribution in [2.24, 2.45) is 17.8 Å². The SMILES string of the molecule is COC(=O)[C@H]1[C@H]([C@H](C)CCC=C(C)C)CC[C@@H]1O. The molecule has 1 rings (SSSR count). The predicted octanol–water partition coefficient (Wildman–Crippen LogP) is 2.93. The number of methoxy groups -OCH3 is 1. The summed E-state index contributed by atoms with van der Waals surface area (Å²) < 4.78 is 4.82. The van der Waals surface area contributed by atoms with Crippen molar-refractivity contribution >= 4 is 5.97 Å². The molecule has 4 atom stereocenters. The van der Waals surface area contributed by atoms with Gasteiger partial charge in [-0.15, -0.1) is 0 Å². The number of hydrogen-bond donors (Lipinski definition) is 1. The number of carbonyl (C=O) groups is 1. The monoisotopic (exact) mass is 254 g/mol. The highest BCUT2D eigenvalue weighted by Gasteiger charge is 2.42. The van der Waals surface area contributed by atoms with Crippen LogP contribution >= 0.6 is 0 Å². The minimum atomic E-state index is -0.520. The average Bonchev–Trinajstić information content (AvgIpc) is 2.69. The summed E-state index contributed by atoms with van der Waals surface area (Å²) in [5.74, 6) is 0.135. The summed E-state index contributed by atoms with van der Waals surface area (Å²) in [7, 11) is 1.40. The van der Waals surface area contributed by atoms with Gasteiger partial charge in [0.2, 0.25) is 0 Å². The number of allylic oxidation sites excluding steroid dienone is 2. The van der Waals surface area contributed by atoms with E-state index in [0.717, 1.165) is 25.7 Å². The van der Waals surface area contributed by atoms with Gasteiger partial charge >= 0.3 is 5.97 Å². The van der Waals surface area contributed by atoms with Crippen molar-refractivity contribution in [3.63, 3.8) is 0 Å². The van der Waals surface area contributed by atoms with E-state index in [2.05, 4.69) is 26.8 Å². The molecule has 1 aliphatic rings. The van der Waals surface area contributed by atoms with Crippen LogP contribution in [-0.2, 0) is 9.53 Å². The summed E-state index contributed by atoms with van der Waals surface area (Å²) in [6.07, 6.45) is 5.47. The molecule has 0 radical (unpaired) electrons. The lowest BCUT2D eigenvalue weighted by molar-refractivity contribution is -0.150. The standard InChI is InChI=1S/C15H26O3/c1-10(2)6-5-7-11(3)12-8-9-13(16)14(12)15(17)18-4/h6,11-14,16H,5,7-9H2,1-4H3/t11-,12+,13+,14+/m1/s1. The molecule has 0 saturated heterocycles. The molecular weight excluding hydrogens is 228 g/mol. The Labute approximate surface area is 110 Å². The molecule has 1 N–H and O–H groups in total. The summed E-state index contributed by atoms with van der Waals surface area (Å²) in [6.45, 7) is 6.37. The zero-order chi connectivity index (χ0) is 13.7. The molecule has 0 spiro atoms. The highest BCUT2D eigenvalue weighted by molar-refractivity contribution is 5.73. The second-order valence-electron chi connectivity index (χ2n) is 5.69. The fourth-order valence-corrected chi connectivity index (χ4v) is 2.96. The Balaban J connectivity index is 2.58. The average molecular weight is 254 g/mol. The minimum Gasteiger partial charge on any atom is -0.469 e. The van der Waals surface area contributed by atoms with E-state index < -0.39 is 6.10 Å². The van der Waals surface area contributed by atoms with Gasteiger partial charge in [-0.05, 0) is 51.4 Å². The molecule has 104 valence electrons. The zero-order valence-electron chi connectivity index (χ0n) is 12.0. The van der Waals surface area contributed by atoms with Gasteiger partial charge in [0.05, 0.1) is 19.1 Å². The van der Waals surface area contributed by atoms with Gasteiger partial charge in [0.15, 0.2) is 0 Å². The van der Waals surface area contributed by atoms with E-state index in [1.807, 2.05) is 0 Å². The van der Waals surface area contributed by atoms with E-state index in [0.29, 0.717) is 5.92 Å². The van der Waals surface area contributed by atoms with Gasteiger partial charge in [0.25, 0.3) is 0 Å². The number of carbonyl (C=O) groups excluding carboxylic acids is 1. The summed E-state index contributed by atoms with van der Waals surface area (Å²) in [5, 5.41) is 9.91. The van der Waals surface area contributed by atoms with Crippen molar-refractivity contribution < 1.29 is 14.6 Å². The largest absolute Gasteiger partial charge is 0.469 e. The van der Waals surface area contributed by atoms with Crippen LogP contribution in [0.3, 0.4) is 0 Å². The van der Waals surface area contributed by atoms with Crippen molar-refractivity contribution in [3.8, 4) is 0 Å². The molecule has 0 aromatic heterocycles. The van der Waals surface area contributed by atoms with E-state index in [4.69, 9.17) is 4.74 Å². The van der Waals surface area contributed by atoms with Crippen LogP contribution < -0.4 is 0 Å². The summed E-state index contributed by atoms with van der Waals surface area (Å²) >= 11 is 0. The quantitative estimate of drug-likeness (QED) is 0.606. The molecule has 0 heterocycles. The van der Waals surface area contributed by atoms with Gasteiger partial charge in [-0.2, -0.15) is 0 Å². The Bertz CT molecular complexity index is 305. The molecule has 3 heteroatoms. The highest BCUT2D eigenvalue weighted by Crippen LogP contribution is 2.39. The first-order valence-corrected chi connectivity index (χ1v) is 6.86. The molecule has 0 amide bonds. The molecular formula is C15H26O3. The van der Waals surface area contributed by atoms with Crippen LogP contribution in [0.15, 0.2) is 11.6 Å². The van der Waals surface area contributed by atoms with E-state index in [9.17, 15) is 9.90 Å². The predicted molar refractivity (Wildman–Crippen MR) is 72.1 cm³/mol. The summed E-state index contributed by atoms with van der Waals surface area (Å²) in [4.78, 5) is 11.7. The maximum atomic E-state index is 11.7. The van der Waals surface area contributed by atoms with Crippen molar-refractivity contribution in [2.45, 2.75) is 52.6 Å². The lowest BCUT2D eigenvalue weighted by Gasteiger charge is -2.25. The third-order valence-corrected chi connectivity index (χ3v) is 4.05. The van der Waals surface area contributed by atoms with Crippen LogP contribution in [0.4, 0.5) is 0 Å². The van der Waals surface area contributed by atoms with E-state index in [1.54, 1.807) is 0 Å². The third kappa shape index (κ3) is 3.84. The number of aliphatic hydroxyl groups is 1. The van der Waals surface area contributed by atoms with Crippen LogP contribution in [0.2, 0.25) is 0 Å². The van der Waals surface area contributed by atoms with Gasteiger partial charge in [0.1, 0.15) is 0 Å². The van der Waals surface area contributed by atoms with Gasteiger partial charge in [-0.1, -0.05) is 18.6 Å². The maximum Gasteiger partial charge on any atom is 0.311 e.